The quantitative estimate of drug-likeness (QED) is 0.597. The fourth-order valence-electron chi connectivity index (χ4n) is 2.14. The van der Waals surface area contributed by atoms with Crippen LogP contribution in [0.15, 0.2) is 0 Å². The van der Waals surface area contributed by atoms with Gasteiger partial charge in [0, 0.05) is 12.8 Å². The van der Waals surface area contributed by atoms with E-state index in [0.29, 0.717) is 17.6 Å². The Morgan fingerprint density at radius 1 is 1.14 bits per heavy atom. The van der Waals surface area contributed by atoms with Crippen molar-refractivity contribution in [1.82, 2.24) is 0 Å². The Morgan fingerprint density at radius 3 is 2.00 bits per heavy atom. The molecule has 14 heavy (non-hydrogen) atoms. The van der Waals surface area contributed by atoms with Gasteiger partial charge in [0.15, 0.2) is 0 Å². The van der Waals surface area contributed by atoms with E-state index < -0.39 is 0 Å². The van der Waals surface area contributed by atoms with E-state index in [2.05, 4.69) is 35.5 Å². The largest absolute Gasteiger partial charge is 0.300 e. The Balaban J connectivity index is 4.26. The van der Waals surface area contributed by atoms with Crippen molar-refractivity contribution in [2.75, 3.05) is 0 Å². The Labute approximate surface area is 90.1 Å². The molecule has 0 aromatic heterocycles. The summed E-state index contributed by atoms with van der Waals surface area (Å²) >= 11 is 0. The highest BCUT2D eigenvalue weighted by molar-refractivity contribution is 6.08. The van der Waals surface area contributed by atoms with Crippen LogP contribution in [0.2, 0.25) is 6.32 Å². The lowest BCUT2D eigenvalue weighted by molar-refractivity contribution is -0.121. The zero-order valence-electron chi connectivity index (χ0n) is 10.7. The first-order valence-corrected chi connectivity index (χ1v) is 5.74. The van der Waals surface area contributed by atoms with Crippen LogP contribution in [0, 0.1) is 10.8 Å². The van der Waals surface area contributed by atoms with E-state index in [0.717, 1.165) is 12.8 Å². The maximum atomic E-state index is 11.4. The average molecular weight is 196 g/mol. The van der Waals surface area contributed by atoms with Gasteiger partial charge in [-0.25, -0.2) is 0 Å². The van der Waals surface area contributed by atoms with Gasteiger partial charge in [0.05, 0.1) is 0 Å². The molecule has 0 atom stereocenters. The molecule has 1 nitrogen and oxygen atoms in total. The summed E-state index contributed by atoms with van der Waals surface area (Å²) in [5.41, 5.74) is 0.518. The van der Waals surface area contributed by atoms with Crippen molar-refractivity contribution in [1.29, 1.82) is 0 Å². The first-order chi connectivity index (χ1) is 6.22. The molecule has 0 spiro atoms. The van der Waals surface area contributed by atoms with Crippen LogP contribution in [-0.4, -0.2) is 13.6 Å². The number of hydrogen-bond donors (Lipinski definition) is 0. The van der Waals surface area contributed by atoms with E-state index in [1.165, 1.54) is 6.32 Å². The molecule has 0 unspecified atom stereocenters. The van der Waals surface area contributed by atoms with Crippen LogP contribution >= 0.6 is 0 Å². The summed E-state index contributed by atoms with van der Waals surface area (Å²) in [5, 5.41) is 0. The van der Waals surface area contributed by atoms with Gasteiger partial charge in [0.2, 0.25) is 0 Å². The van der Waals surface area contributed by atoms with Crippen molar-refractivity contribution in [3.05, 3.63) is 0 Å². The van der Waals surface area contributed by atoms with Gasteiger partial charge in [-0.1, -0.05) is 40.9 Å². The third kappa shape index (κ3) is 5.46. The monoisotopic (exact) mass is 196 g/mol. The molecule has 0 N–H and O–H groups in total. The zero-order valence-corrected chi connectivity index (χ0v) is 10.7. The zero-order chi connectivity index (χ0) is 11.4. The molecule has 0 rings (SSSR count). The molecule has 0 radical (unpaired) electrons. The van der Waals surface area contributed by atoms with E-state index in [1.807, 2.05) is 6.92 Å². The normalized spacial score (nSPS) is 12.9. The fraction of sp³-hybridized carbons (Fsp3) is 0.917. The van der Waals surface area contributed by atoms with E-state index in [-0.39, 0.29) is 5.41 Å². The van der Waals surface area contributed by atoms with Crippen LogP contribution in [0.4, 0.5) is 0 Å². The van der Waals surface area contributed by atoms with Crippen molar-refractivity contribution < 1.29 is 4.79 Å². The lowest BCUT2D eigenvalue weighted by Gasteiger charge is -2.34. The number of ketones is 1. The van der Waals surface area contributed by atoms with Crippen molar-refractivity contribution in [2.24, 2.45) is 10.8 Å². The standard InChI is InChI=1S/C12H25BO/c1-6-10(14)7-11(2,3)8-12(4,5)9-13/h6-9,13H2,1-5H3. The van der Waals surface area contributed by atoms with Gasteiger partial charge < -0.3 is 0 Å². The molecule has 2 heteroatoms. The highest BCUT2D eigenvalue weighted by Crippen LogP contribution is 2.38. The maximum absolute atomic E-state index is 11.4. The summed E-state index contributed by atoms with van der Waals surface area (Å²) in [4.78, 5) is 11.4. The number of Topliss-reactive ketones (excluding diaryl/α,β-unsaturated/α-hetero) is 1. The summed E-state index contributed by atoms with van der Waals surface area (Å²) in [6, 6.07) is 0. The maximum Gasteiger partial charge on any atom is 0.133 e. The van der Waals surface area contributed by atoms with Crippen LogP contribution in [0.3, 0.4) is 0 Å². The third-order valence-electron chi connectivity index (χ3n) is 2.98. The molecular formula is C12H25BO. The second-order valence-electron chi connectivity index (χ2n) is 5.93. The summed E-state index contributed by atoms with van der Waals surface area (Å²) in [6.07, 6.45) is 3.71. The minimum absolute atomic E-state index is 0.159. The van der Waals surface area contributed by atoms with E-state index in [1.54, 1.807) is 0 Å². The predicted octanol–water partition coefficient (Wildman–Crippen LogP) is 2.85. The first kappa shape index (κ1) is 13.7. The Kier molecular flexibility index (Phi) is 4.90. The minimum atomic E-state index is 0.159. The molecule has 0 aliphatic rings. The lowest BCUT2D eigenvalue weighted by Crippen LogP contribution is -2.25. The van der Waals surface area contributed by atoms with E-state index >= 15 is 0 Å². The van der Waals surface area contributed by atoms with Crippen LogP contribution in [-0.2, 0) is 4.79 Å². The smallest absolute Gasteiger partial charge is 0.133 e. The van der Waals surface area contributed by atoms with Crippen LogP contribution < -0.4 is 0 Å². The van der Waals surface area contributed by atoms with Gasteiger partial charge >= 0.3 is 0 Å². The van der Waals surface area contributed by atoms with Gasteiger partial charge in [0.25, 0.3) is 0 Å². The number of rotatable bonds is 6. The highest BCUT2D eigenvalue weighted by atomic mass is 16.1. The van der Waals surface area contributed by atoms with Gasteiger partial charge in [-0.15, -0.1) is 0 Å². The Morgan fingerprint density at radius 2 is 1.64 bits per heavy atom. The van der Waals surface area contributed by atoms with Crippen LogP contribution in [0.1, 0.15) is 53.9 Å². The summed E-state index contributed by atoms with van der Waals surface area (Å²) in [6.45, 7) is 10.9. The molecule has 0 saturated carbocycles. The number of carbonyl (C=O) groups excluding carboxylic acids is 1. The van der Waals surface area contributed by atoms with Gasteiger partial charge in [-0.2, -0.15) is 0 Å². The molecule has 0 aromatic rings. The van der Waals surface area contributed by atoms with Gasteiger partial charge in [-0.05, 0) is 17.3 Å². The molecular weight excluding hydrogens is 171 g/mol. The molecule has 0 bridgehead atoms. The van der Waals surface area contributed by atoms with Crippen molar-refractivity contribution in [3.8, 4) is 0 Å². The summed E-state index contributed by atoms with van der Waals surface area (Å²) < 4.78 is 0. The molecule has 0 heterocycles. The summed E-state index contributed by atoms with van der Waals surface area (Å²) in [5.74, 6) is 0.391. The molecule has 0 aliphatic heterocycles. The number of hydrogen-bond acceptors (Lipinski definition) is 1. The molecule has 0 saturated heterocycles. The topological polar surface area (TPSA) is 17.1 Å². The molecule has 0 fully saturated rings. The Bertz CT molecular complexity index is 194. The van der Waals surface area contributed by atoms with E-state index in [4.69, 9.17) is 0 Å². The highest BCUT2D eigenvalue weighted by Gasteiger charge is 2.28. The minimum Gasteiger partial charge on any atom is -0.300 e. The molecule has 0 aliphatic carbocycles. The van der Waals surface area contributed by atoms with Crippen molar-refractivity contribution in [2.45, 2.75) is 60.2 Å². The summed E-state index contributed by atoms with van der Waals surface area (Å²) in [7, 11) is 2.22. The van der Waals surface area contributed by atoms with Crippen molar-refractivity contribution in [3.63, 3.8) is 0 Å². The second kappa shape index (κ2) is 5.00. The predicted molar refractivity (Wildman–Crippen MR) is 65.4 cm³/mol. The molecule has 0 amide bonds. The number of carbonyl (C=O) groups is 1. The van der Waals surface area contributed by atoms with Crippen LogP contribution in [0.25, 0.3) is 0 Å². The van der Waals surface area contributed by atoms with Gasteiger partial charge in [-0.3, -0.25) is 4.79 Å². The van der Waals surface area contributed by atoms with Crippen molar-refractivity contribution >= 4 is 13.6 Å². The Hall–Kier alpha value is -0.265. The second-order valence-corrected chi connectivity index (χ2v) is 5.93. The SMILES string of the molecule is BCC(C)(C)CC(C)(C)CC(=O)CC. The lowest BCUT2D eigenvalue weighted by atomic mass is 9.67. The molecule has 82 valence electrons. The van der Waals surface area contributed by atoms with Crippen LogP contribution in [0.5, 0.6) is 0 Å². The fourth-order valence-corrected chi connectivity index (χ4v) is 2.14. The average Bonchev–Trinajstić information content (AvgIpc) is 2.01. The van der Waals surface area contributed by atoms with Gasteiger partial charge in [0.1, 0.15) is 13.6 Å². The third-order valence-corrected chi connectivity index (χ3v) is 2.98. The first-order valence-electron chi connectivity index (χ1n) is 5.74. The molecule has 0 aromatic carbocycles. The van der Waals surface area contributed by atoms with E-state index in [9.17, 15) is 4.79 Å².